The van der Waals surface area contributed by atoms with Crippen LogP contribution in [0.15, 0.2) is 36.4 Å². The van der Waals surface area contributed by atoms with Crippen molar-refractivity contribution >= 4 is 11.9 Å². The summed E-state index contributed by atoms with van der Waals surface area (Å²) < 4.78 is 5.24. The van der Waals surface area contributed by atoms with Gasteiger partial charge in [-0.2, -0.15) is 4.98 Å². The van der Waals surface area contributed by atoms with Gasteiger partial charge in [-0.1, -0.05) is 30.3 Å². The van der Waals surface area contributed by atoms with Crippen molar-refractivity contribution in [2.24, 2.45) is 5.92 Å². The SMILES string of the molecule is COc1cc(C(=O)NCC2CC2)nc(N(C)CCc2ccccc2)n1. The Balaban J connectivity index is 1.68. The van der Waals surface area contributed by atoms with E-state index in [2.05, 4.69) is 27.4 Å². The van der Waals surface area contributed by atoms with Crippen LogP contribution in [0, 0.1) is 5.92 Å². The second-order valence-corrected chi connectivity index (χ2v) is 6.41. The van der Waals surface area contributed by atoms with Crippen LogP contribution in [0.3, 0.4) is 0 Å². The van der Waals surface area contributed by atoms with Crippen molar-refractivity contribution in [1.29, 1.82) is 0 Å². The number of amides is 1. The molecule has 0 atom stereocenters. The van der Waals surface area contributed by atoms with Gasteiger partial charge in [0.25, 0.3) is 5.91 Å². The maximum atomic E-state index is 12.3. The molecule has 132 valence electrons. The highest BCUT2D eigenvalue weighted by Gasteiger charge is 2.22. The van der Waals surface area contributed by atoms with E-state index in [1.165, 1.54) is 18.4 Å². The van der Waals surface area contributed by atoms with Gasteiger partial charge in [-0.3, -0.25) is 4.79 Å². The number of methoxy groups -OCH3 is 1. The lowest BCUT2D eigenvalue weighted by molar-refractivity contribution is 0.0946. The standard InChI is InChI=1S/C19H24N4O2/c1-23(11-10-14-6-4-3-5-7-14)19-21-16(12-17(22-19)25-2)18(24)20-13-15-8-9-15/h3-7,12,15H,8-11,13H2,1-2H3,(H,20,24). The first-order valence-corrected chi connectivity index (χ1v) is 8.62. The van der Waals surface area contributed by atoms with Gasteiger partial charge in [-0.15, -0.1) is 0 Å². The summed E-state index contributed by atoms with van der Waals surface area (Å²) in [5.74, 6) is 1.34. The molecule has 1 aromatic heterocycles. The van der Waals surface area contributed by atoms with Crippen LogP contribution in [-0.2, 0) is 6.42 Å². The third-order valence-corrected chi connectivity index (χ3v) is 4.30. The van der Waals surface area contributed by atoms with Crippen LogP contribution in [0.1, 0.15) is 28.9 Å². The molecular weight excluding hydrogens is 316 g/mol. The summed E-state index contributed by atoms with van der Waals surface area (Å²) in [7, 11) is 3.46. The van der Waals surface area contributed by atoms with Gasteiger partial charge in [0, 0.05) is 26.2 Å². The lowest BCUT2D eigenvalue weighted by atomic mass is 10.1. The molecule has 6 heteroatoms. The molecule has 1 amide bonds. The molecule has 3 rings (SSSR count). The molecule has 1 aromatic carbocycles. The normalized spacial score (nSPS) is 13.4. The van der Waals surface area contributed by atoms with Gasteiger partial charge in [-0.05, 0) is 30.7 Å². The smallest absolute Gasteiger partial charge is 0.270 e. The number of carbonyl (C=O) groups excluding carboxylic acids is 1. The van der Waals surface area contributed by atoms with Crippen LogP contribution in [-0.4, -0.2) is 43.1 Å². The minimum absolute atomic E-state index is 0.176. The average Bonchev–Trinajstić information content (AvgIpc) is 3.49. The molecule has 6 nitrogen and oxygen atoms in total. The zero-order chi connectivity index (χ0) is 17.6. The quantitative estimate of drug-likeness (QED) is 0.799. The second kappa shape index (κ2) is 7.96. The number of hydrogen-bond acceptors (Lipinski definition) is 5. The lowest BCUT2D eigenvalue weighted by Crippen LogP contribution is -2.28. The maximum Gasteiger partial charge on any atom is 0.270 e. The summed E-state index contributed by atoms with van der Waals surface area (Å²) in [6.45, 7) is 1.46. The van der Waals surface area contributed by atoms with Crippen molar-refractivity contribution in [3.05, 3.63) is 47.7 Å². The average molecular weight is 340 g/mol. The van der Waals surface area contributed by atoms with E-state index in [9.17, 15) is 4.79 Å². The number of anilines is 1. The first kappa shape index (κ1) is 17.2. The highest BCUT2D eigenvalue weighted by atomic mass is 16.5. The van der Waals surface area contributed by atoms with Crippen LogP contribution in [0.25, 0.3) is 0 Å². The second-order valence-electron chi connectivity index (χ2n) is 6.41. The molecule has 0 aliphatic heterocycles. The molecule has 0 spiro atoms. The van der Waals surface area contributed by atoms with Gasteiger partial charge in [0.2, 0.25) is 11.8 Å². The Morgan fingerprint density at radius 2 is 2.04 bits per heavy atom. The number of rotatable bonds is 8. The summed E-state index contributed by atoms with van der Waals surface area (Å²) in [5, 5.41) is 2.93. The topological polar surface area (TPSA) is 67.3 Å². The highest BCUT2D eigenvalue weighted by Crippen LogP contribution is 2.27. The van der Waals surface area contributed by atoms with E-state index in [1.54, 1.807) is 13.2 Å². The predicted molar refractivity (Wildman–Crippen MR) is 97.1 cm³/mol. The summed E-state index contributed by atoms with van der Waals surface area (Å²) in [6, 6.07) is 11.8. The minimum Gasteiger partial charge on any atom is -0.481 e. The minimum atomic E-state index is -0.176. The molecule has 2 aromatic rings. The summed E-state index contributed by atoms with van der Waals surface area (Å²) in [5.41, 5.74) is 1.59. The maximum absolute atomic E-state index is 12.3. The van der Waals surface area contributed by atoms with Crippen molar-refractivity contribution in [3.63, 3.8) is 0 Å². The molecule has 1 aliphatic carbocycles. The van der Waals surface area contributed by atoms with Crippen LogP contribution >= 0.6 is 0 Å². The van der Waals surface area contributed by atoms with Gasteiger partial charge in [0.1, 0.15) is 5.69 Å². The van der Waals surface area contributed by atoms with Crippen molar-refractivity contribution in [2.75, 3.05) is 32.1 Å². The Hall–Kier alpha value is -2.63. The third kappa shape index (κ3) is 4.92. The Kier molecular flexibility index (Phi) is 5.48. The number of hydrogen-bond donors (Lipinski definition) is 1. The third-order valence-electron chi connectivity index (χ3n) is 4.30. The van der Waals surface area contributed by atoms with Crippen LogP contribution in [0.2, 0.25) is 0 Å². The molecule has 1 saturated carbocycles. The van der Waals surface area contributed by atoms with Crippen molar-refractivity contribution in [2.45, 2.75) is 19.3 Å². The van der Waals surface area contributed by atoms with Crippen molar-refractivity contribution in [3.8, 4) is 5.88 Å². The monoisotopic (exact) mass is 340 g/mol. The van der Waals surface area contributed by atoms with E-state index in [0.29, 0.717) is 30.0 Å². The number of carbonyl (C=O) groups is 1. The summed E-state index contributed by atoms with van der Waals surface area (Å²) in [4.78, 5) is 23.0. The fourth-order valence-electron chi connectivity index (χ4n) is 2.50. The number of nitrogens with one attached hydrogen (secondary N) is 1. The zero-order valence-electron chi connectivity index (χ0n) is 14.7. The molecule has 0 bridgehead atoms. The molecule has 1 heterocycles. The van der Waals surface area contributed by atoms with Gasteiger partial charge in [0.05, 0.1) is 7.11 Å². The largest absolute Gasteiger partial charge is 0.481 e. The van der Waals surface area contributed by atoms with Crippen LogP contribution < -0.4 is 15.0 Å². The molecule has 1 aliphatic rings. The first-order chi connectivity index (χ1) is 12.2. The Labute approximate surface area is 148 Å². The van der Waals surface area contributed by atoms with E-state index in [1.807, 2.05) is 30.1 Å². The van der Waals surface area contributed by atoms with E-state index in [0.717, 1.165) is 13.0 Å². The zero-order valence-corrected chi connectivity index (χ0v) is 14.7. The summed E-state index contributed by atoms with van der Waals surface area (Å²) in [6.07, 6.45) is 3.27. The van der Waals surface area contributed by atoms with Gasteiger partial charge >= 0.3 is 0 Å². The van der Waals surface area contributed by atoms with Crippen LogP contribution in [0.5, 0.6) is 5.88 Å². The van der Waals surface area contributed by atoms with Crippen molar-refractivity contribution in [1.82, 2.24) is 15.3 Å². The molecule has 1 fully saturated rings. The number of ether oxygens (including phenoxy) is 1. The predicted octanol–water partition coefficient (Wildman–Crippen LogP) is 2.30. The van der Waals surface area contributed by atoms with Crippen LogP contribution in [0.4, 0.5) is 5.95 Å². The Bertz CT molecular complexity index is 717. The Morgan fingerprint density at radius 1 is 1.28 bits per heavy atom. The fraction of sp³-hybridized carbons (Fsp3) is 0.421. The van der Waals surface area contributed by atoms with E-state index in [4.69, 9.17) is 4.74 Å². The van der Waals surface area contributed by atoms with E-state index in [-0.39, 0.29) is 5.91 Å². The van der Waals surface area contributed by atoms with E-state index < -0.39 is 0 Å². The number of benzene rings is 1. The highest BCUT2D eigenvalue weighted by molar-refractivity contribution is 5.92. The molecule has 1 N–H and O–H groups in total. The molecule has 0 unspecified atom stereocenters. The van der Waals surface area contributed by atoms with Gasteiger partial charge in [0.15, 0.2) is 0 Å². The lowest BCUT2D eigenvalue weighted by Gasteiger charge is -2.18. The van der Waals surface area contributed by atoms with Gasteiger partial charge < -0.3 is 15.0 Å². The summed E-state index contributed by atoms with van der Waals surface area (Å²) >= 11 is 0. The number of aromatic nitrogens is 2. The molecule has 25 heavy (non-hydrogen) atoms. The molecule has 0 saturated heterocycles. The number of nitrogens with zero attached hydrogens (tertiary/aromatic N) is 3. The Morgan fingerprint density at radius 3 is 2.72 bits per heavy atom. The number of likely N-dealkylation sites (N-methyl/N-ethyl adjacent to an activating group) is 1. The van der Waals surface area contributed by atoms with Crippen molar-refractivity contribution < 1.29 is 9.53 Å². The molecule has 0 radical (unpaired) electrons. The van der Waals surface area contributed by atoms with Gasteiger partial charge in [-0.25, -0.2) is 4.98 Å². The first-order valence-electron chi connectivity index (χ1n) is 8.62. The molecular formula is C19H24N4O2. The fourth-order valence-corrected chi connectivity index (χ4v) is 2.50. The van der Waals surface area contributed by atoms with E-state index >= 15 is 0 Å².